The van der Waals surface area contributed by atoms with Crippen molar-refractivity contribution < 1.29 is 9.53 Å². The zero-order valence-corrected chi connectivity index (χ0v) is 10.8. The summed E-state index contributed by atoms with van der Waals surface area (Å²) in [5.74, 6) is -0.147. The van der Waals surface area contributed by atoms with Gasteiger partial charge in [-0.1, -0.05) is 28.1 Å². The van der Waals surface area contributed by atoms with Crippen molar-refractivity contribution in [2.24, 2.45) is 0 Å². The van der Waals surface area contributed by atoms with E-state index in [1.54, 1.807) is 0 Å². The molecule has 0 radical (unpaired) electrons. The van der Waals surface area contributed by atoms with Crippen LogP contribution in [0.5, 0.6) is 0 Å². The summed E-state index contributed by atoms with van der Waals surface area (Å²) in [5.41, 5.74) is 2.57. The maximum atomic E-state index is 11.4. The van der Waals surface area contributed by atoms with Gasteiger partial charge in [-0.3, -0.25) is 9.69 Å². The summed E-state index contributed by atoms with van der Waals surface area (Å²) in [4.78, 5) is 13.5. The standard InChI is InChI=1S/C12H14BrNO2/c1-2-16-12(15)8-14-6-9-4-3-5-11(13)10(9)7-14/h3-5H,2,6-8H2,1H3. The monoisotopic (exact) mass is 283 g/mol. The molecule has 1 heterocycles. The van der Waals surface area contributed by atoms with E-state index in [0.717, 1.165) is 17.6 Å². The van der Waals surface area contributed by atoms with Crippen LogP contribution in [0.1, 0.15) is 18.1 Å². The summed E-state index contributed by atoms with van der Waals surface area (Å²) < 4.78 is 6.06. The summed E-state index contributed by atoms with van der Waals surface area (Å²) in [6, 6.07) is 6.16. The molecule has 2 rings (SSSR count). The summed E-state index contributed by atoms with van der Waals surface area (Å²) >= 11 is 3.53. The van der Waals surface area contributed by atoms with E-state index in [4.69, 9.17) is 4.74 Å². The molecule has 0 spiro atoms. The molecule has 0 amide bonds. The third-order valence-electron chi connectivity index (χ3n) is 2.65. The predicted molar refractivity (Wildman–Crippen MR) is 64.9 cm³/mol. The fraction of sp³-hybridized carbons (Fsp3) is 0.417. The van der Waals surface area contributed by atoms with Gasteiger partial charge in [-0.05, 0) is 24.1 Å². The second kappa shape index (κ2) is 4.97. The first-order valence-electron chi connectivity index (χ1n) is 5.35. The number of hydrogen-bond donors (Lipinski definition) is 0. The minimum absolute atomic E-state index is 0.147. The Morgan fingerprint density at radius 2 is 2.31 bits per heavy atom. The molecule has 0 saturated carbocycles. The zero-order chi connectivity index (χ0) is 11.5. The van der Waals surface area contributed by atoms with Crippen LogP contribution < -0.4 is 0 Å². The van der Waals surface area contributed by atoms with Gasteiger partial charge in [0.15, 0.2) is 0 Å². The van der Waals surface area contributed by atoms with Crippen LogP contribution in [0.4, 0.5) is 0 Å². The largest absolute Gasteiger partial charge is 0.465 e. The van der Waals surface area contributed by atoms with Crippen molar-refractivity contribution in [3.05, 3.63) is 33.8 Å². The Morgan fingerprint density at radius 3 is 3.00 bits per heavy atom. The number of carbonyl (C=O) groups excluding carboxylic acids is 1. The molecule has 1 aromatic rings. The van der Waals surface area contributed by atoms with E-state index < -0.39 is 0 Å². The molecule has 0 atom stereocenters. The van der Waals surface area contributed by atoms with E-state index in [1.165, 1.54) is 11.1 Å². The van der Waals surface area contributed by atoms with Gasteiger partial charge in [-0.15, -0.1) is 0 Å². The van der Waals surface area contributed by atoms with E-state index in [0.29, 0.717) is 13.2 Å². The molecule has 1 aromatic carbocycles. The molecular formula is C12H14BrNO2. The van der Waals surface area contributed by atoms with Crippen LogP contribution in [0.25, 0.3) is 0 Å². The molecule has 1 aliphatic heterocycles. The number of halogens is 1. The van der Waals surface area contributed by atoms with Crippen molar-refractivity contribution in [1.82, 2.24) is 4.90 Å². The van der Waals surface area contributed by atoms with Crippen molar-refractivity contribution in [2.75, 3.05) is 13.2 Å². The Hall–Kier alpha value is -0.870. The number of hydrogen-bond acceptors (Lipinski definition) is 3. The van der Waals surface area contributed by atoms with Crippen LogP contribution in [-0.2, 0) is 22.6 Å². The highest BCUT2D eigenvalue weighted by atomic mass is 79.9. The number of ether oxygens (including phenoxy) is 1. The van der Waals surface area contributed by atoms with E-state index in [1.807, 2.05) is 19.1 Å². The van der Waals surface area contributed by atoms with Gasteiger partial charge >= 0.3 is 5.97 Å². The molecule has 86 valence electrons. The van der Waals surface area contributed by atoms with Crippen LogP contribution in [0.3, 0.4) is 0 Å². The molecular weight excluding hydrogens is 270 g/mol. The van der Waals surface area contributed by atoms with E-state index >= 15 is 0 Å². The molecule has 0 aromatic heterocycles. The number of rotatable bonds is 3. The average Bonchev–Trinajstić information content (AvgIpc) is 2.62. The average molecular weight is 284 g/mol. The van der Waals surface area contributed by atoms with Crippen molar-refractivity contribution in [3.63, 3.8) is 0 Å². The van der Waals surface area contributed by atoms with Gasteiger partial charge < -0.3 is 4.74 Å². The van der Waals surface area contributed by atoms with Gasteiger partial charge in [-0.2, -0.15) is 0 Å². The normalized spacial score (nSPS) is 14.9. The van der Waals surface area contributed by atoms with Gasteiger partial charge in [-0.25, -0.2) is 0 Å². The number of fused-ring (bicyclic) bond motifs is 1. The van der Waals surface area contributed by atoms with Crippen LogP contribution in [0.15, 0.2) is 22.7 Å². The highest BCUT2D eigenvalue weighted by molar-refractivity contribution is 9.10. The Kier molecular flexibility index (Phi) is 3.61. The highest BCUT2D eigenvalue weighted by Crippen LogP contribution is 2.28. The molecule has 0 bridgehead atoms. The lowest BCUT2D eigenvalue weighted by Crippen LogP contribution is -2.26. The zero-order valence-electron chi connectivity index (χ0n) is 9.20. The highest BCUT2D eigenvalue weighted by Gasteiger charge is 2.22. The Labute approximate surface area is 104 Å². The first-order valence-corrected chi connectivity index (χ1v) is 6.14. The molecule has 16 heavy (non-hydrogen) atoms. The van der Waals surface area contributed by atoms with Crippen molar-refractivity contribution in [1.29, 1.82) is 0 Å². The van der Waals surface area contributed by atoms with E-state index in [2.05, 4.69) is 26.9 Å². The van der Waals surface area contributed by atoms with Gasteiger partial charge in [0, 0.05) is 17.6 Å². The quantitative estimate of drug-likeness (QED) is 0.798. The summed E-state index contributed by atoms with van der Waals surface area (Å²) in [6.07, 6.45) is 0. The van der Waals surface area contributed by atoms with Gasteiger partial charge in [0.05, 0.1) is 13.2 Å². The lowest BCUT2D eigenvalue weighted by atomic mass is 10.1. The molecule has 3 nitrogen and oxygen atoms in total. The van der Waals surface area contributed by atoms with Crippen molar-refractivity contribution in [3.8, 4) is 0 Å². The van der Waals surface area contributed by atoms with Gasteiger partial charge in [0.2, 0.25) is 0 Å². The maximum absolute atomic E-state index is 11.4. The van der Waals surface area contributed by atoms with Crippen LogP contribution in [0.2, 0.25) is 0 Å². The number of carbonyl (C=O) groups is 1. The minimum atomic E-state index is -0.147. The minimum Gasteiger partial charge on any atom is -0.465 e. The summed E-state index contributed by atoms with van der Waals surface area (Å²) in [5, 5.41) is 0. The molecule has 0 unspecified atom stereocenters. The lowest BCUT2D eigenvalue weighted by molar-refractivity contribution is -0.144. The van der Waals surface area contributed by atoms with Crippen LogP contribution >= 0.6 is 15.9 Å². The molecule has 0 N–H and O–H groups in total. The lowest BCUT2D eigenvalue weighted by Gasteiger charge is -2.13. The fourth-order valence-electron chi connectivity index (χ4n) is 1.95. The second-order valence-corrected chi connectivity index (χ2v) is 4.68. The third kappa shape index (κ3) is 2.44. The fourth-order valence-corrected chi connectivity index (χ4v) is 2.48. The number of esters is 1. The van der Waals surface area contributed by atoms with Gasteiger partial charge in [0.1, 0.15) is 0 Å². The van der Waals surface area contributed by atoms with Crippen LogP contribution in [-0.4, -0.2) is 24.0 Å². The van der Waals surface area contributed by atoms with Gasteiger partial charge in [0.25, 0.3) is 0 Å². The predicted octanol–water partition coefficient (Wildman–Crippen LogP) is 2.33. The molecule has 0 aliphatic carbocycles. The second-order valence-electron chi connectivity index (χ2n) is 3.83. The Morgan fingerprint density at radius 1 is 1.50 bits per heavy atom. The summed E-state index contributed by atoms with van der Waals surface area (Å²) in [7, 11) is 0. The SMILES string of the molecule is CCOC(=O)CN1Cc2cccc(Br)c2C1. The topological polar surface area (TPSA) is 29.5 Å². The van der Waals surface area contributed by atoms with Crippen molar-refractivity contribution >= 4 is 21.9 Å². The van der Waals surface area contributed by atoms with Crippen LogP contribution in [0, 0.1) is 0 Å². The molecule has 0 fully saturated rings. The van der Waals surface area contributed by atoms with E-state index in [9.17, 15) is 4.79 Å². The molecule has 4 heteroatoms. The molecule has 1 aliphatic rings. The first kappa shape index (κ1) is 11.6. The van der Waals surface area contributed by atoms with E-state index in [-0.39, 0.29) is 5.97 Å². The van der Waals surface area contributed by atoms with Crippen molar-refractivity contribution in [2.45, 2.75) is 20.0 Å². The Balaban J connectivity index is 2.00. The first-order chi connectivity index (χ1) is 7.70. The maximum Gasteiger partial charge on any atom is 0.320 e. The number of benzene rings is 1. The smallest absolute Gasteiger partial charge is 0.320 e. The Bertz CT molecular complexity index is 406. The number of nitrogens with zero attached hydrogens (tertiary/aromatic N) is 1. The third-order valence-corrected chi connectivity index (χ3v) is 3.39. The summed E-state index contributed by atoms with van der Waals surface area (Å²) in [6.45, 7) is 4.29. The molecule has 0 saturated heterocycles.